The van der Waals surface area contributed by atoms with Crippen molar-refractivity contribution in [1.29, 1.82) is 0 Å². The van der Waals surface area contributed by atoms with Crippen LogP contribution in [0.25, 0.3) is 11.4 Å². The lowest BCUT2D eigenvalue weighted by Gasteiger charge is -2.09. The van der Waals surface area contributed by atoms with Crippen LogP contribution in [-0.2, 0) is 22.3 Å². The molecule has 0 unspecified atom stereocenters. The first-order valence-electron chi connectivity index (χ1n) is 8.22. The molecule has 0 saturated heterocycles. The van der Waals surface area contributed by atoms with Gasteiger partial charge in [0.25, 0.3) is 0 Å². The highest BCUT2D eigenvalue weighted by atomic mass is 32.2. The van der Waals surface area contributed by atoms with Gasteiger partial charge >= 0.3 is 0 Å². The quantitative estimate of drug-likeness (QED) is 0.632. The standard InChI is InChI=1S/C19H21N3O2S/c23-25(24,16-17-8-3-1-4-9-17)21-12-7-14-22-15-13-20-19(22)18-10-5-2-6-11-18/h1-6,8-11,13,15,21H,7,12,14,16H2. The zero-order chi connectivity index (χ0) is 17.5. The van der Waals surface area contributed by atoms with Crippen LogP contribution in [0.5, 0.6) is 0 Å². The highest BCUT2D eigenvalue weighted by Gasteiger charge is 2.11. The van der Waals surface area contributed by atoms with E-state index < -0.39 is 10.0 Å². The smallest absolute Gasteiger partial charge is 0.215 e. The second-order valence-electron chi connectivity index (χ2n) is 5.80. The molecule has 1 heterocycles. The Bertz CT molecular complexity index is 891. The highest BCUT2D eigenvalue weighted by molar-refractivity contribution is 7.88. The fourth-order valence-electron chi connectivity index (χ4n) is 2.66. The normalized spacial score (nSPS) is 11.5. The fraction of sp³-hybridized carbons (Fsp3) is 0.211. The van der Waals surface area contributed by atoms with Gasteiger partial charge in [-0.3, -0.25) is 0 Å². The number of benzene rings is 2. The Labute approximate surface area is 148 Å². The third-order valence-electron chi connectivity index (χ3n) is 3.84. The lowest BCUT2D eigenvalue weighted by Crippen LogP contribution is -2.26. The van der Waals surface area contributed by atoms with E-state index in [1.165, 1.54) is 0 Å². The maximum absolute atomic E-state index is 12.1. The van der Waals surface area contributed by atoms with Crippen LogP contribution in [0.4, 0.5) is 0 Å². The van der Waals surface area contributed by atoms with Crippen LogP contribution in [0, 0.1) is 0 Å². The van der Waals surface area contributed by atoms with E-state index in [0.717, 1.165) is 17.0 Å². The number of hydrogen-bond donors (Lipinski definition) is 1. The Morgan fingerprint density at radius 3 is 2.36 bits per heavy atom. The van der Waals surface area contributed by atoms with Crippen molar-refractivity contribution in [2.45, 2.75) is 18.7 Å². The molecule has 3 aromatic rings. The molecular formula is C19H21N3O2S. The second-order valence-corrected chi connectivity index (χ2v) is 7.61. The maximum atomic E-state index is 12.1. The van der Waals surface area contributed by atoms with Crippen molar-refractivity contribution < 1.29 is 8.42 Å². The highest BCUT2D eigenvalue weighted by Crippen LogP contribution is 2.16. The Hall–Kier alpha value is -2.44. The van der Waals surface area contributed by atoms with E-state index in [4.69, 9.17) is 0 Å². The van der Waals surface area contributed by atoms with Gasteiger partial charge in [-0.2, -0.15) is 0 Å². The number of imidazole rings is 1. The number of nitrogens with zero attached hydrogens (tertiary/aromatic N) is 2. The third kappa shape index (κ3) is 5.01. The van der Waals surface area contributed by atoms with E-state index in [0.29, 0.717) is 19.5 Å². The van der Waals surface area contributed by atoms with Crippen LogP contribution in [0.1, 0.15) is 12.0 Å². The molecule has 1 N–H and O–H groups in total. The number of rotatable bonds is 8. The lowest BCUT2D eigenvalue weighted by atomic mass is 10.2. The summed E-state index contributed by atoms with van der Waals surface area (Å²) in [6.07, 6.45) is 4.38. The molecule has 130 valence electrons. The summed E-state index contributed by atoms with van der Waals surface area (Å²) in [6, 6.07) is 19.1. The number of sulfonamides is 1. The average Bonchev–Trinajstić information content (AvgIpc) is 3.08. The molecule has 6 heteroatoms. The second kappa shape index (κ2) is 8.09. The van der Waals surface area contributed by atoms with E-state index in [-0.39, 0.29) is 5.75 Å². The molecule has 0 aliphatic rings. The van der Waals surface area contributed by atoms with E-state index in [2.05, 4.69) is 9.71 Å². The molecule has 0 saturated carbocycles. The molecule has 0 spiro atoms. The Kier molecular flexibility index (Phi) is 5.63. The first-order chi connectivity index (χ1) is 12.1. The summed E-state index contributed by atoms with van der Waals surface area (Å²) >= 11 is 0. The molecule has 0 aliphatic carbocycles. The minimum atomic E-state index is -3.31. The monoisotopic (exact) mass is 355 g/mol. The molecule has 0 aliphatic heterocycles. The maximum Gasteiger partial charge on any atom is 0.215 e. The van der Waals surface area contributed by atoms with Gasteiger partial charge in [-0.25, -0.2) is 18.1 Å². The zero-order valence-corrected chi connectivity index (χ0v) is 14.7. The van der Waals surface area contributed by atoms with Crippen molar-refractivity contribution in [2.75, 3.05) is 6.54 Å². The summed E-state index contributed by atoms with van der Waals surface area (Å²) < 4.78 is 28.9. The van der Waals surface area contributed by atoms with Gasteiger partial charge in [-0.05, 0) is 12.0 Å². The summed E-state index contributed by atoms with van der Waals surface area (Å²) in [7, 11) is -3.31. The molecule has 0 amide bonds. The Balaban J connectivity index is 1.52. The summed E-state index contributed by atoms with van der Waals surface area (Å²) in [4.78, 5) is 4.39. The summed E-state index contributed by atoms with van der Waals surface area (Å²) in [5.74, 6) is 0.904. The van der Waals surface area contributed by atoms with E-state index in [1.807, 2.05) is 71.4 Å². The molecule has 5 nitrogen and oxygen atoms in total. The molecule has 1 aromatic heterocycles. The minimum absolute atomic E-state index is 0.00812. The molecule has 0 bridgehead atoms. The minimum Gasteiger partial charge on any atom is -0.331 e. The van der Waals surface area contributed by atoms with Crippen LogP contribution >= 0.6 is 0 Å². The van der Waals surface area contributed by atoms with Gasteiger partial charge in [0.2, 0.25) is 10.0 Å². The Morgan fingerprint density at radius 2 is 1.64 bits per heavy atom. The van der Waals surface area contributed by atoms with Gasteiger partial charge in [0, 0.05) is 31.0 Å². The number of nitrogens with one attached hydrogen (secondary N) is 1. The lowest BCUT2D eigenvalue weighted by molar-refractivity contribution is 0.570. The summed E-state index contributed by atoms with van der Waals surface area (Å²) in [6.45, 7) is 1.11. The largest absolute Gasteiger partial charge is 0.331 e. The molecule has 25 heavy (non-hydrogen) atoms. The van der Waals surface area contributed by atoms with Gasteiger partial charge in [0.05, 0.1) is 5.75 Å². The van der Waals surface area contributed by atoms with Gasteiger partial charge in [-0.1, -0.05) is 60.7 Å². The van der Waals surface area contributed by atoms with Crippen LogP contribution in [0.3, 0.4) is 0 Å². The van der Waals surface area contributed by atoms with Gasteiger partial charge in [0.15, 0.2) is 0 Å². The SMILES string of the molecule is O=S(=O)(Cc1ccccc1)NCCCn1ccnc1-c1ccccc1. The van der Waals surface area contributed by atoms with Crippen molar-refractivity contribution in [3.63, 3.8) is 0 Å². The van der Waals surface area contributed by atoms with Crippen LogP contribution in [0.15, 0.2) is 73.1 Å². The fourth-order valence-corrected chi connectivity index (χ4v) is 3.85. The van der Waals surface area contributed by atoms with Gasteiger partial charge < -0.3 is 4.57 Å². The van der Waals surface area contributed by atoms with Crippen LogP contribution in [0.2, 0.25) is 0 Å². The third-order valence-corrected chi connectivity index (χ3v) is 5.20. The van der Waals surface area contributed by atoms with Crippen molar-refractivity contribution in [3.8, 4) is 11.4 Å². The molecule has 0 atom stereocenters. The first kappa shape index (κ1) is 17.4. The van der Waals surface area contributed by atoms with E-state index >= 15 is 0 Å². The number of aryl methyl sites for hydroxylation is 1. The molecule has 0 radical (unpaired) electrons. The summed E-state index contributed by atoms with van der Waals surface area (Å²) in [5, 5.41) is 0. The van der Waals surface area contributed by atoms with E-state index in [9.17, 15) is 8.42 Å². The summed E-state index contributed by atoms with van der Waals surface area (Å²) in [5.41, 5.74) is 1.84. The molecule has 0 fully saturated rings. The predicted octanol–water partition coefficient (Wildman–Crippen LogP) is 3.06. The topological polar surface area (TPSA) is 64.0 Å². The van der Waals surface area contributed by atoms with Crippen LogP contribution < -0.4 is 4.72 Å². The number of hydrogen-bond acceptors (Lipinski definition) is 3. The van der Waals surface area contributed by atoms with E-state index in [1.54, 1.807) is 6.20 Å². The molecular weight excluding hydrogens is 334 g/mol. The number of aromatic nitrogens is 2. The first-order valence-corrected chi connectivity index (χ1v) is 9.87. The van der Waals surface area contributed by atoms with Crippen molar-refractivity contribution in [3.05, 3.63) is 78.6 Å². The average molecular weight is 355 g/mol. The van der Waals surface area contributed by atoms with Crippen LogP contribution in [-0.4, -0.2) is 24.5 Å². The zero-order valence-electron chi connectivity index (χ0n) is 13.9. The molecule has 2 aromatic carbocycles. The Morgan fingerprint density at radius 1 is 0.960 bits per heavy atom. The van der Waals surface area contributed by atoms with Crippen molar-refractivity contribution in [2.24, 2.45) is 0 Å². The molecule has 3 rings (SSSR count). The van der Waals surface area contributed by atoms with Crippen molar-refractivity contribution in [1.82, 2.24) is 14.3 Å². The van der Waals surface area contributed by atoms with Gasteiger partial charge in [-0.15, -0.1) is 0 Å². The van der Waals surface area contributed by atoms with Gasteiger partial charge in [0.1, 0.15) is 5.82 Å². The van der Waals surface area contributed by atoms with Crippen molar-refractivity contribution >= 4 is 10.0 Å². The predicted molar refractivity (Wildman–Crippen MR) is 99.3 cm³/mol.